The number of hydrogen-bond acceptors (Lipinski definition) is 3. The molecule has 0 spiro atoms. The molecule has 0 aliphatic rings. The van der Waals surface area contributed by atoms with E-state index in [0.717, 1.165) is 0 Å². The molecule has 0 rings (SSSR count). The first kappa shape index (κ1) is 7.91. The molecule has 1 N–H and O–H groups in total. The Labute approximate surface area is 59.1 Å². The number of amides is 1. The molecule has 0 bridgehead atoms. The van der Waals surface area contributed by atoms with E-state index in [1.807, 2.05) is 0 Å². The maximum Gasteiger partial charge on any atom is 0.225 e. The number of hydrogen-bond donors (Lipinski definition) is 2. The monoisotopic (exact) mass is 149 g/mol. The van der Waals surface area contributed by atoms with E-state index in [-0.39, 0.29) is 5.91 Å². The lowest BCUT2D eigenvalue weighted by Crippen LogP contribution is -2.20. The summed E-state index contributed by atoms with van der Waals surface area (Å²) in [5.74, 6) is 0.490. The van der Waals surface area contributed by atoms with Gasteiger partial charge in [0.2, 0.25) is 5.91 Å². The third-order valence-electron chi connectivity index (χ3n) is 0.559. The molecule has 1 amide bonds. The van der Waals surface area contributed by atoms with E-state index in [9.17, 15) is 4.79 Å². The minimum Gasteiger partial charge on any atom is -0.323 e. The van der Waals surface area contributed by atoms with Crippen molar-refractivity contribution in [1.29, 1.82) is 0 Å². The quantitative estimate of drug-likeness (QED) is 0.449. The van der Waals surface area contributed by atoms with E-state index in [2.05, 4.69) is 30.2 Å². The smallest absolute Gasteiger partial charge is 0.225 e. The van der Waals surface area contributed by atoms with Crippen LogP contribution in [0.5, 0.6) is 0 Å². The van der Waals surface area contributed by atoms with Gasteiger partial charge >= 0.3 is 0 Å². The van der Waals surface area contributed by atoms with Crippen LogP contribution in [0.25, 0.3) is 0 Å². The summed E-state index contributed by atoms with van der Waals surface area (Å²) in [5.41, 5.74) is 1.20. The first-order valence-electron chi connectivity index (χ1n) is 2.15. The van der Waals surface area contributed by atoms with Crippen LogP contribution in [0.4, 0.5) is 0 Å². The van der Waals surface area contributed by atoms with Crippen LogP contribution in [0.3, 0.4) is 0 Å². The number of thiocarbonyl (C=S) groups is 1. The van der Waals surface area contributed by atoms with Crippen LogP contribution >= 0.6 is 24.8 Å². The molecule has 0 atom stereocenters. The summed E-state index contributed by atoms with van der Waals surface area (Å²) < 4.78 is 0. The minimum atomic E-state index is -0.0741. The molecule has 0 aromatic carbocycles. The first-order valence-corrected chi connectivity index (χ1v) is 3.25. The number of rotatable bonds is 3. The van der Waals surface area contributed by atoms with Crippen molar-refractivity contribution in [2.45, 2.75) is 6.42 Å². The van der Waals surface area contributed by atoms with Gasteiger partial charge in [0.15, 0.2) is 0 Å². The Kier molecular flexibility index (Phi) is 5.00. The van der Waals surface area contributed by atoms with Gasteiger partial charge in [0.1, 0.15) is 0 Å². The van der Waals surface area contributed by atoms with Gasteiger partial charge < -0.3 is 5.32 Å². The van der Waals surface area contributed by atoms with Gasteiger partial charge in [0, 0.05) is 6.42 Å². The van der Waals surface area contributed by atoms with E-state index in [0.29, 0.717) is 12.2 Å². The lowest BCUT2D eigenvalue weighted by atomic mass is 10.5. The molecule has 0 fully saturated rings. The number of nitrogens with one attached hydrogen (secondary N) is 1. The highest BCUT2D eigenvalue weighted by Crippen LogP contribution is 1.80. The van der Waals surface area contributed by atoms with Crippen molar-refractivity contribution in [3.63, 3.8) is 0 Å². The van der Waals surface area contributed by atoms with E-state index < -0.39 is 0 Å². The highest BCUT2D eigenvalue weighted by Gasteiger charge is 1.92. The highest BCUT2D eigenvalue weighted by atomic mass is 32.1. The highest BCUT2D eigenvalue weighted by molar-refractivity contribution is 7.80. The van der Waals surface area contributed by atoms with Crippen molar-refractivity contribution in [3.8, 4) is 0 Å². The van der Waals surface area contributed by atoms with Gasteiger partial charge in [-0.2, -0.15) is 12.6 Å². The summed E-state index contributed by atoms with van der Waals surface area (Å²) in [6, 6.07) is 0. The van der Waals surface area contributed by atoms with Crippen molar-refractivity contribution >= 4 is 36.2 Å². The molecule has 2 nitrogen and oxygen atoms in total. The predicted octanol–water partition coefficient (Wildman–Crippen LogP) is 0.380. The second-order valence-corrected chi connectivity index (χ2v) is 1.84. The fourth-order valence-corrected chi connectivity index (χ4v) is 0.574. The van der Waals surface area contributed by atoms with Crippen LogP contribution in [0.1, 0.15) is 6.42 Å². The summed E-state index contributed by atoms with van der Waals surface area (Å²) >= 11 is 8.20. The van der Waals surface area contributed by atoms with E-state index in [1.54, 1.807) is 0 Å². The summed E-state index contributed by atoms with van der Waals surface area (Å²) in [7, 11) is 0. The third kappa shape index (κ3) is 4.08. The molecule has 0 unspecified atom stereocenters. The topological polar surface area (TPSA) is 29.1 Å². The van der Waals surface area contributed by atoms with Crippen molar-refractivity contribution in [2.75, 3.05) is 5.75 Å². The molecule has 0 aliphatic carbocycles. The molecular weight excluding hydrogens is 142 g/mol. The van der Waals surface area contributed by atoms with Gasteiger partial charge in [-0.3, -0.25) is 4.79 Å². The Balaban J connectivity index is 3.18. The van der Waals surface area contributed by atoms with Crippen LogP contribution in [-0.2, 0) is 4.79 Å². The Morgan fingerprint density at radius 2 is 2.50 bits per heavy atom. The zero-order chi connectivity index (χ0) is 6.41. The molecule has 0 saturated heterocycles. The lowest BCUT2D eigenvalue weighted by molar-refractivity contribution is -0.119. The van der Waals surface area contributed by atoms with Gasteiger partial charge in [-0.15, -0.1) is 0 Å². The van der Waals surface area contributed by atoms with Crippen LogP contribution in [0, 0.1) is 0 Å². The third-order valence-corrected chi connectivity index (χ3v) is 0.900. The molecule has 0 heterocycles. The number of thiol groups is 1. The SMILES string of the molecule is O=C(CCS)NC=S. The fourth-order valence-electron chi connectivity index (χ4n) is 0.239. The minimum absolute atomic E-state index is 0.0741. The average molecular weight is 149 g/mol. The van der Waals surface area contributed by atoms with Crippen LogP contribution in [0.15, 0.2) is 0 Å². The zero-order valence-corrected chi connectivity index (χ0v) is 5.97. The lowest BCUT2D eigenvalue weighted by Gasteiger charge is -1.91. The van der Waals surface area contributed by atoms with Crippen LogP contribution < -0.4 is 5.32 Å². The van der Waals surface area contributed by atoms with Crippen LogP contribution in [0.2, 0.25) is 0 Å². The molecule has 0 aliphatic heterocycles. The van der Waals surface area contributed by atoms with Crippen LogP contribution in [-0.4, -0.2) is 17.2 Å². The summed E-state index contributed by atoms with van der Waals surface area (Å²) in [6.45, 7) is 0. The van der Waals surface area contributed by atoms with Gasteiger partial charge in [-0.1, -0.05) is 12.2 Å². The molecule has 0 radical (unpaired) electrons. The molecule has 0 aromatic rings. The second-order valence-electron chi connectivity index (χ2n) is 1.16. The number of carbonyl (C=O) groups excluding carboxylic acids is 1. The van der Waals surface area contributed by atoms with E-state index in [1.165, 1.54) is 5.49 Å². The zero-order valence-electron chi connectivity index (χ0n) is 4.26. The van der Waals surface area contributed by atoms with E-state index in [4.69, 9.17) is 0 Å². The van der Waals surface area contributed by atoms with E-state index >= 15 is 0 Å². The molecule has 46 valence electrons. The normalized spacial score (nSPS) is 8.12. The van der Waals surface area contributed by atoms with Crippen molar-refractivity contribution < 1.29 is 4.79 Å². The Bertz CT molecular complexity index is 94.0. The van der Waals surface area contributed by atoms with Gasteiger partial charge in [0.25, 0.3) is 0 Å². The molecule has 8 heavy (non-hydrogen) atoms. The average Bonchev–Trinajstić information content (AvgIpc) is 1.68. The molecule has 4 heteroatoms. The van der Waals surface area contributed by atoms with Gasteiger partial charge in [0.05, 0.1) is 5.49 Å². The number of carbonyl (C=O) groups is 1. The largest absolute Gasteiger partial charge is 0.323 e. The summed E-state index contributed by atoms with van der Waals surface area (Å²) in [4.78, 5) is 10.4. The molecular formula is C4H7NOS2. The van der Waals surface area contributed by atoms with Crippen molar-refractivity contribution in [1.82, 2.24) is 5.32 Å². The Morgan fingerprint density at radius 3 is 2.88 bits per heavy atom. The van der Waals surface area contributed by atoms with Gasteiger partial charge in [-0.05, 0) is 5.75 Å². The standard InChI is InChI=1S/C4H7NOS2/c6-4(1-2-7)5-3-8/h3,7H,1-2H2,(H,5,6,8). The Morgan fingerprint density at radius 1 is 1.88 bits per heavy atom. The summed E-state index contributed by atoms with van der Waals surface area (Å²) in [6.07, 6.45) is 0.427. The first-order chi connectivity index (χ1) is 3.81. The van der Waals surface area contributed by atoms with Gasteiger partial charge in [-0.25, -0.2) is 0 Å². The second kappa shape index (κ2) is 5.05. The van der Waals surface area contributed by atoms with Crippen molar-refractivity contribution in [3.05, 3.63) is 0 Å². The predicted molar refractivity (Wildman–Crippen MR) is 40.3 cm³/mol. The molecule has 0 aromatic heterocycles. The fraction of sp³-hybridized carbons (Fsp3) is 0.500. The summed E-state index contributed by atoms with van der Waals surface area (Å²) in [5, 5.41) is 2.35. The van der Waals surface area contributed by atoms with Crippen molar-refractivity contribution in [2.24, 2.45) is 0 Å². The maximum absolute atomic E-state index is 10.4. The maximum atomic E-state index is 10.4. The molecule has 0 saturated carbocycles. The Hall–Kier alpha value is -0.0900.